The van der Waals surface area contributed by atoms with Gasteiger partial charge in [-0.15, -0.1) is 11.8 Å². The zero-order chi connectivity index (χ0) is 41.3. The van der Waals surface area contributed by atoms with Crippen LogP contribution in [0.15, 0.2) is 72.8 Å². The molecule has 0 aliphatic carbocycles. The molecule has 0 saturated carbocycles. The molecule has 13 nitrogen and oxygen atoms in total. The van der Waals surface area contributed by atoms with Crippen molar-refractivity contribution in [2.24, 2.45) is 5.92 Å². The van der Waals surface area contributed by atoms with Gasteiger partial charge in [0.25, 0.3) is 5.91 Å². The number of ether oxygens (including phenoxy) is 1. The van der Waals surface area contributed by atoms with Gasteiger partial charge in [0.05, 0.1) is 31.7 Å². The maximum Gasteiger partial charge on any atom is 0.254 e. The first-order chi connectivity index (χ1) is 27.1. The van der Waals surface area contributed by atoms with Crippen molar-refractivity contribution >= 4 is 52.1 Å². The summed E-state index contributed by atoms with van der Waals surface area (Å²) < 4.78 is 5.44. The fourth-order valence-electron chi connectivity index (χ4n) is 7.45. The number of rotatable bonds is 15. The van der Waals surface area contributed by atoms with Crippen molar-refractivity contribution in [3.63, 3.8) is 0 Å². The van der Waals surface area contributed by atoms with Crippen molar-refractivity contribution in [2.75, 3.05) is 51.5 Å². The molecule has 2 fully saturated rings. The van der Waals surface area contributed by atoms with E-state index in [1.165, 1.54) is 21.6 Å². The summed E-state index contributed by atoms with van der Waals surface area (Å²) in [5, 5.41) is 22.5. The predicted molar refractivity (Wildman–Crippen MR) is 222 cm³/mol. The number of aliphatic hydroxyl groups is 1. The van der Waals surface area contributed by atoms with Crippen LogP contribution in [-0.4, -0.2) is 137 Å². The molecule has 0 radical (unpaired) electrons. The maximum absolute atomic E-state index is 14.6. The highest BCUT2D eigenvalue weighted by Gasteiger charge is 2.42. The molecule has 2 heterocycles. The maximum atomic E-state index is 14.6. The Morgan fingerprint density at radius 1 is 0.912 bits per heavy atom. The molecule has 2 aliphatic heterocycles. The molecule has 5 rings (SSSR count). The third kappa shape index (κ3) is 11.8. The number of morpholine rings is 1. The minimum atomic E-state index is -1.69. The summed E-state index contributed by atoms with van der Waals surface area (Å²) in [6.45, 7) is 11.6. The number of thioether (sulfide) groups is 1. The molecule has 14 heteroatoms. The first-order valence-corrected chi connectivity index (χ1v) is 20.8. The van der Waals surface area contributed by atoms with Crippen molar-refractivity contribution in [2.45, 2.75) is 83.3 Å². The molecular formula is C43H58N6O7S. The summed E-state index contributed by atoms with van der Waals surface area (Å²) in [4.78, 5) is 74.5. The smallest absolute Gasteiger partial charge is 0.254 e. The molecule has 57 heavy (non-hydrogen) atoms. The Bertz CT molecular complexity index is 1860. The fraction of sp³-hybridized carbons (Fsp3) is 0.512. The molecule has 4 N–H and O–H groups in total. The van der Waals surface area contributed by atoms with E-state index >= 15 is 0 Å². The highest BCUT2D eigenvalue weighted by molar-refractivity contribution is 7.99. The van der Waals surface area contributed by atoms with Crippen molar-refractivity contribution in [3.8, 4) is 0 Å². The van der Waals surface area contributed by atoms with E-state index in [4.69, 9.17) is 4.74 Å². The Morgan fingerprint density at radius 3 is 2.26 bits per heavy atom. The highest BCUT2D eigenvalue weighted by Crippen LogP contribution is 2.25. The second-order valence-corrected chi connectivity index (χ2v) is 17.3. The molecule has 0 unspecified atom stereocenters. The van der Waals surface area contributed by atoms with Crippen LogP contribution in [0.5, 0.6) is 0 Å². The van der Waals surface area contributed by atoms with Crippen molar-refractivity contribution in [3.05, 3.63) is 83.9 Å². The lowest BCUT2D eigenvalue weighted by Crippen LogP contribution is -2.61. The van der Waals surface area contributed by atoms with E-state index in [0.717, 1.165) is 21.9 Å². The Hall–Kier alpha value is -4.50. The molecule has 0 spiro atoms. The largest absolute Gasteiger partial charge is 0.381 e. The molecule has 3 aromatic rings. The van der Waals surface area contributed by atoms with Gasteiger partial charge in [-0.25, -0.2) is 0 Å². The van der Waals surface area contributed by atoms with Gasteiger partial charge in [-0.1, -0.05) is 86.6 Å². The number of amides is 5. The lowest BCUT2D eigenvalue weighted by Gasteiger charge is -2.36. The average molecular weight is 803 g/mol. The third-order valence-corrected chi connectivity index (χ3v) is 11.3. The van der Waals surface area contributed by atoms with E-state index in [2.05, 4.69) is 16.0 Å². The zero-order valence-electron chi connectivity index (χ0n) is 33.9. The van der Waals surface area contributed by atoms with E-state index in [-0.39, 0.29) is 37.1 Å². The van der Waals surface area contributed by atoms with Crippen molar-refractivity contribution in [1.82, 2.24) is 30.7 Å². The lowest BCUT2D eigenvalue weighted by atomic mass is 9.95. The fourth-order valence-corrected chi connectivity index (χ4v) is 8.62. The topological polar surface area (TPSA) is 161 Å². The van der Waals surface area contributed by atoms with Crippen LogP contribution in [0.2, 0.25) is 0 Å². The van der Waals surface area contributed by atoms with Gasteiger partial charge in [0.15, 0.2) is 6.10 Å². The van der Waals surface area contributed by atoms with Crippen LogP contribution in [0, 0.1) is 5.92 Å². The number of likely N-dealkylation sites (N-methyl/N-ethyl adjacent to an activating group) is 1. The van der Waals surface area contributed by atoms with Gasteiger partial charge < -0.3 is 35.6 Å². The Balaban J connectivity index is 1.39. The number of carbonyl (C=O) groups is 5. The summed E-state index contributed by atoms with van der Waals surface area (Å²) in [5.41, 5.74) is 1.13. The summed E-state index contributed by atoms with van der Waals surface area (Å²) in [6.07, 6.45) is -1.39. The first kappa shape index (κ1) is 43.6. The number of nitrogens with zero attached hydrogens (tertiary/aromatic N) is 3. The monoisotopic (exact) mass is 802 g/mol. The van der Waals surface area contributed by atoms with Crippen LogP contribution in [0.1, 0.15) is 45.7 Å². The molecule has 5 atom stereocenters. The van der Waals surface area contributed by atoms with Gasteiger partial charge in [0.2, 0.25) is 23.6 Å². The summed E-state index contributed by atoms with van der Waals surface area (Å²) in [5.74, 6) is -2.11. The lowest BCUT2D eigenvalue weighted by molar-refractivity contribution is -0.148. The number of benzene rings is 3. The molecule has 308 valence electrons. The number of hydrogen-bond donors (Lipinski definition) is 4. The quantitative estimate of drug-likeness (QED) is 0.181. The summed E-state index contributed by atoms with van der Waals surface area (Å²) in [7, 11) is 1.55. The summed E-state index contributed by atoms with van der Waals surface area (Å²) in [6, 6.07) is 19.0. The predicted octanol–water partition coefficient (Wildman–Crippen LogP) is 2.59. The van der Waals surface area contributed by atoms with E-state index in [0.29, 0.717) is 32.1 Å². The van der Waals surface area contributed by atoms with Gasteiger partial charge in [-0.2, -0.15) is 0 Å². The third-order valence-electron chi connectivity index (χ3n) is 10.3. The van der Waals surface area contributed by atoms with Gasteiger partial charge in [0, 0.05) is 37.8 Å². The number of aliphatic hydroxyl groups excluding tert-OH is 1. The van der Waals surface area contributed by atoms with E-state index in [1.807, 2.05) is 112 Å². The molecule has 2 saturated heterocycles. The highest BCUT2D eigenvalue weighted by atomic mass is 32.2. The standard InChI is InChI=1S/C43H58N6O7S/c1-28(2)37(40(53)45-33(23-29-13-8-7-9-14-29)38(51)42(55)49-27-57-26-35(49)39(52)46-43(3,4)5)47(6)41(54)34(44-36(50)25-48-19-21-56-22-20-48)24-31-17-12-16-30-15-10-11-18-32(30)31/h7-18,28,33-35,37-38,51H,19-27H2,1-6H3,(H,44,50)(H,45,53)(H,46,52)/t33-,34-,35-,37-,38-/m0/s1. The Kier molecular flexibility index (Phi) is 15.1. The van der Waals surface area contributed by atoms with Crippen LogP contribution in [0.3, 0.4) is 0 Å². The number of carbonyl (C=O) groups excluding carboxylic acids is 5. The zero-order valence-corrected chi connectivity index (χ0v) is 34.7. The van der Waals surface area contributed by atoms with Gasteiger partial charge in [-0.05, 0) is 55.0 Å². The SMILES string of the molecule is CC(C)[C@@H](C(=O)N[C@@H](Cc1ccccc1)[C@H](O)C(=O)N1CSC[C@H]1C(=O)NC(C)(C)C)N(C)C(=O)[C@H](Cc1cccc2ccccc12)NC(=O)CN1CCOCC1. The Labute approximate surface area is 340 Å². The Morgan fingerprint density at radius 2 is 1.58 bits per heavy atom. The van der Waals surface area contributed by atoms with E-state index in [9.17, 15) is 29.1 Å². The first-order valence-electron chi connectivity index (χ1n) is 19.7. The van der Waals surface area contributed by atoms with Crippen LogP contribution in [-0.2, 0) is 41.6 Å². The van der Waals surface area contributed by atoms with Crippen LogP contribution in [0.4, 0.5) is 0 Å². The number of nitrogens with one attached hydrogen (secondary N) is 3. The van der Waals surface area contributed by atoms with Crippen molar-refractivity contribution < 1.29 is 33.8 Å². The number of hydrogen-bond acceptors (Lipinski definition) is 9. The molecule has 3 aromatic carbocycles. The second-order valence-electron chi connectivity index (χ2n) is 16.3. The number of fused-ring (bicyclic) bond motifs is 1. The van der Waals surface area contributed by atoms with Gasteiger partial charge in [-0.3, -0.25) is 28.9 Å². The minimum absolute atomic E-state index is 0.0990. The molecule has 0 aromatic heterocycles. The normalized spacial score (nSPS) is 18.4. The van der Waals surface area contributed by atoms with Crippen LogP contribution >= 0.6 is 11.8 Å². The summed E-state index contributed by atoms with van der Waals surface area (Å²) >= 11 is 1.42. The second kappa shape index (κ2) is 19.8. The van der Waals surface area contributed by atoms with Crippen LogP contribution in [0.25, 0.3) is 10.8 Å². The van der Waals surface area contributed by atoms with E-state index < -0.39 is 59.4 Å². The molecule has 5 amide bonds. The van der Waals surface area contributed by atoms with Gasteiger partial charge >= 0.3 is 0 Å². The minimum Gasteiger partial charge on any atom is -0.381 e. The van der Waals surface area contributed by atoms with Gasteiger partial charge in [0.1, 0.15) is 18.1 Å². The molecular weight excluding hydrogens is 745 g/mol. The van der Waals surface area contributed by atoms with Crippen molar-refractivity contribution in [1.29, 1.82) is 0 Å². The van der Waals surface area contributed by atoms with E-state index in [1.54, 1.807) is 7.05 Å². The average Bonchev–Trinajstić information content (AvgIpc) is 3.67. The van der Waals surface area contributed by atoms with Crippen LogP contribution < -0.4 is 16.0 Å². The molecule has 0 bridgehead atoms. The molecule has 2 aliphatic rings.